The number of para-hydroxylation sites is 2. The van der Waals surface area contributed by atoms with Crippen LogP contribution < -0.4 is 9.64 Å². The Morgan fingerprint density at radius 2 is 1.72 bits per heavy atom. The molecule has 2 heterocycles. The average Bonchev–Trinajstić information content (AvgIpc) is 2.78. The van der Waals surface area contributed by atoms with E-state index in [0.29, 0.717) is 17.9 Å². The highest BCUT2D eigenvalue weighted by Gasteiger charge is 2.36. The summed E-state index contributed by atoms with van der Waals surface area (Å²) in [6.07, 6.45) is 3.28. The lowest BCUT2D eigenvalue weighted by Crippen LogP contribution is -2.52. The van der Waals surface area contributed by atoms with Crippen molar-refractivity contribution in [1.82, 2.24) is 4.90 Å². The Balaban J connectivity index is 1.49. The van der Waals surface area contributed by atoms with Gasteiger partial charge in [-0.1, -0.05) is 24.3 Å². The van der Waals surface area contributed by atoms with Gasteiger partial charge in [0.05, 0.1) is 12.2 Å². The normalized spacial score (nSPS) is 18.7. The number of carbonyl (C=O) groups is 2. The fourth-order valence-corrected chi connectivity index (χ4v) is 3.95. The number of rotatable bonds is 4. The first-order valence-corrected chi connectivity index (χ1v) is 10.2. The van der Waals surface area contributed by atoms with Crippen molar-refractivity contribution in [2.75, 3.05) is 24.5 Å². The average molecular weight is 396 g/mol. The van der Waals surface area contributed by atoms with Crippen LogP contribution in [0.15, 0.2) is 48.5 Å². The van der Waals surface area contributed by atoms with E-state index in [0.717, 1.165) is 37.9 Å². The minimum Gasteiger partial charge on any atom is -0.476 e. The molecule has 5 nitrogen and oxygen atoms in total. The molecular weight excluding hydrogens is 371 g/mol. The first kappa shape index (κ1) is 19.4. The predicted octanol–water partition coefficient (Wildman–Crippen LogP) is 3.57. The number of anilines is 1. The van der Waals surface area contributed by atoms with Crippen LogP contribution in [0.1, 0.15) is 31.2 Å². The van der Waals surface area contributed by atoms with Gasteiger partial charge in [0, 0.05) is 19.5 Å². The summed E-state index contributed by atoms with van der Waals surface area (Å²) in [4.78, 5) is 29.5. The number of ether oxygens (including phenoxy) is 1. The molecular formula is C23H25FN2O3. The second kappa shape index (κ2) is 8.64. The molecule has 0 aromatic heterocycles. The van der Waals surface area contributed by atoms with E-state index in [4.69, 9.17) is 4.74 Å². The zero-order valence-corrected chi connectivity index (χ0v) is 16.4. The molecule has 0 bridgehead atoms. The Bertz CT molecular complexity index is 878. The molecule has 152 valence electrons. The molecule has 29 heavy (non-hydrogen) atoms. The number of likely N-dealkylation sites (tertiary alicyclic amines) is 1. The fraction of sp³-hybridized carbons (Fsp3) is 0.391. The van der Waals surface area contributed by atoms with Gasteiger partial charge in [-0.3, -0.25) is 9.59 Å². The number of benzene rings is 2. The van der Waals surface area contributed by atoms with Gasteiger partial charge in [0.2, 0.25) is 5.91 Å². The number of carbonyl (C=O) groups excluding carboxylic acids is 2. The van der Waals surface area contributed by atoms with E-state index in [1.54, 1.807) is 23.1 Å². The van der Waals surface area contributed by atoms with Gasteiger partial charge in [-0.25, -0.2) is 4.39 Å². The standard InChI is InChI=1S/C23H25FN2O3/c24-18-11-8-17(9-12-18)10-13-22(27)26-16-21(23(28)25-14-4-1-5-15-25)29-20-7-3-2-6-19(20)26/h2-3,6-9,11-12,21H,1,4-5,10,13-16H2/t21-/m0/s1. The maximum atomic E-state index is 13.1. The van der Waals surface area contributed by atoms with E-state index in [-0.39, 0.29) is 30.6 Å². The highest BCUT2D eigenvalue weighted by atomic mass is 19.1. The van der Waals surface area contributed by atoms with Crippen LogP contribution in [0.5, 0.6) is 5.75 Å². The lowest BCUT2D eigenvalue weighted by Gasteiger charge is -2.37. The van der Waals surface area contributed by atoms with Crippen LogP contribution in [0.25, 0.3) is 0 Å². The van der Waals surface area contributed by atoms with Gasteiger partial charge in [0.25, 0.3) is 5.91 Å². The number of amides is 2. The Kier molecular flexibility index (Phi) is 5.79. The van der Waals surface area contributed by atoms with E-state index in [9.17, 15) is 14.0 Å². The topological polar surface area (TPSA) is 49.9 Å². The highest BCUT2D eigenvalue weighted by Crippen LogP contribution is 2.34. The van der Waals surface area contributed by atoms with Crippen LogP contribution in [0.2, 0.25) is 0 Å². The summed E-state index contributed by atoms with van der Waals surface area (Å²) in [6, 6.07) is 13.5. The van der Waals surface area contributed by atoms with Crippen LogP contribution in [0.4, 0.5) is 10.1 Å². The van der Waals surface area contributed by atoms with E-state index in [2.05, 4.69) is 0 Å². The summed E-state index contributed by atoms with van der Waals surface area (Å²) in [5, 5.41) is 0. The van der Waals surface area contributed by atoms with Gasteiger partial charge < -0.3 is 14.5 Å². The maximum Gasteiger partial charge on any atom is 0.265 e. The molecule has 0 aliphatic carbocycles. The van der Waals surface area contributed by atoms with Crippen molar-refractivity contribution in [3.63, 3.8) is 0 Å². The Labute approximate surface area is 170 Å². The smallest absolute Gasteiger partial charge is 0.265 e. The van der Waals surface area contributed by atoms with Crippen LogP contribution in [0.3, 0.4) is 0 Å². The molecule has 0 radical (unpaired) electrons. The van der Waals surface area contributed by atoms with Crippen molar-refractivity contribution in [3.05, 3.63) is 59.9 Å². The zero-order chi connectivity index (χ0) is 20.2. The number of nitrogens with zero attached hydrogens (tertiary/aromatic N) is 2. The second-order valence-corrected chi connectivity index (χ2v) is 7.59. The first-order chi connectivity index (χ1) is 14.1. The van der Waals surface area contributed by atoms with Gasteiger partial charge in [-0.15, -0.1) is 0 Å². The van der Waals surface area contributed by atoms with Crippen LogP contribution in [0, 0.1) is 5.82 Å². The van der Waals surface area contributed by atoms with Crippen molar-refractivity contribution in [2.45, 2.75) is 38.2 Å². The minimum absolute atomic E-state index is 0.0458. The second-order valence-electron chi connectivity index (χ2n) is 7.59. The molecule has 2 amide bonds. The van der Waals surface area contributed by atoms with E-state index < -0.39 is 6.10 Å². The molecule has 1 atom stereocenters. The lowest BCUT2D eigenvalue weighted by atomic mass is 10.1. The zero-order valence-electron chi connectivity index (χ0n) is 16.4. The summed E-state index contributed by atoms with van der Waals surface area (Å²) in [5.74, 6) is 0.155. The third kappa shape index (κ3) is 4.42. The molecule has 0 N–H and O–H groups in total. The quantitative estimate of drug-likeness (QED) is 0.794. The molecule has 1 saturated heterocycles. The fourth-order valence-electron chi connectivity index (χ4n) is 3.95. The van der Waals surface area contributed by atoms with Crippen molar-refractivity contribution in [2.24, 2.45) is 0 Å². The van der Waals surface area contributed by atoms with Gasteiger partial charge in [-0.05, 0) is 55.5 Å². The van der Waals surface area contributed by atoms with Crippen molar-refractivity contribution < 1.29 is 18.7 Å². The molecule has 2 aliphatic heterocycles. The molecule has 2 aliphatic rings. The summed E-state index contributed by atoms with van der Waals surface area (Å²) >= 11 is 0. The van der Waals surface area contributed by atoms with Crippen LogP contribution in [-0.4, -0.2) is 42.5 Å². The Morgan fingerprint density at radius 3 is 2.48 bits per heavy atom. The minimum atomic E-state index is -0.683. The Morgan fingerprint density at radius 1 is 1.00 bits per heavy atom. The van der Waals surface area contributed by atoms with Gasteiger partial charge >= 0.3 is 0 Å². The third-order valence-electron chi connectivity index (χ3n) is 5.56. The van der Waals surface area contributed by atoms with E-state index in [1.165, 1.54) is 12.1 Å². The number of aryl methyl sites for hydroxylation is 1. The number of hydrogen-bond donors (Lipinski definition) is 0. The van der Waals surface area contributed by atoms with Gasteiger partial charge in [0.1, 0.15) is 11.6 Å². The van der Waals surface area contributed by atoms with E-state index >= 15 is 0 Å². The SMILES string of the molecule is O=C([C@@H]1CN(C(=O)CCc2ccc(F)cc2)c2ccccc2O1)N1CCCCC1. The largest absolute Gasteiger partial charge is 0.476 e. The van der Waals surface area contributed by atoms with Crippen molar-refractivity contribution >= 4 is 17.5 Å². The monoisotopic (exact) mass is 396 g/mol. The molecule has 0 spiro atoms. The lowest BCUT2D eigenvalue weighted by molar-refractivity contribution is -0.139. The molecule has 2 aromatic rings. The molecule has 6 heteroatoms. The highest BCUT2D eigenvalue weighted by molar-refractivity contribution is 5.97. The molecule has 1 fully saturated rings. The molecule has 0 saturated carbocycles. The molecule has 2 aromatic carbocycles. The van der Waals surface area contributed by atoms with Crippen molar-refractivity contribution in [1.29, 1.82) is 0 Å². The van der Waals surface area contributed by atoms with Crippen molar-refractivity contribution in [3.8, 4) is 5.75 Å². The van der Waals surface area contributed by atoms with Gasteiger partial charge in [0.15, 0.2) is 6.10 Å². The first-order valence-electron chi connectivity index (χ1n) is 10.2. The van der Waals surface area contributed by atoms with Gasteiger partial charge in [-0.2, -0.15) is 0 Å². The number of hydrogen-bond acceptors (Lipinski definition) is 3. The van der Waals surface area contributed by atoms with Crippen LogP contribution >= 0.6 is 0 Å². The number of halogens is 1. The number of piperidine rings is 1. The summed E-state index contributed by atoms with van der Waals surface area (Å²) in [7, 11) is 0. The summed E-state index contributed by atoms with van der Waals surface area (Å²) in [5.41, 5.74) is 1.60. The summed E-state index contributed by atoms with van der Waals surface area (Å²) < 4.78 is 19.1. The third-order valence-corrected chi connectivity index (χ3v) is 5.56. The molecule has 0 unspecified atom stereocenters. The maximum absolute atomic E-state index is 13.1. The Hall–Kier alpha value is -2.89. The number of fused-ring (bicyclic) bond motifs is 1. The summed E-state index contributed by atoms with van der Waals surface area (Å²) in [6.45, 7) is 1.71. The predicted molar refractivity (Wildman–Crippen MR) is 108 cm³/mol. The molecule has 4 rings (SSSR count). The van der Waals surface area contributed by atoms with Crippen LogP contribution in [-0.2, 0) is 16.0 Å². The van der Waals surface area contributed by atoms with E-state index in [1.807, 2.05) is 23.1 Å².